The minimum absolute atomic E-state index is 0.197. The maximum absolute atomic E-state index is 13.2. The number of rotatable bonds is 1. The summed E-state index contributed by atoms with van der Waals surface area (Å²) >= 11 is 0. The number of carbonyl (C=O) groups excluding carboxylic acids is 1. The molecule has 120 valence electrons. The number of nitrogens with zero attached hydrogens (tertiary/aromatic N) is 4. The Kier molecular flexibility index (Phi) is 2.98. The molecule has 0 saturated carbocycles. The van der Waals surface area contributed by atoms with Crippen LogP contribution in [-0.2, 0) is 6.54 Å². The molecule has 3 fully saturated rings. The molecule has 0 N–H and O–H groups in total. The highest BCUT2D eigenvalue weighted by Gasteiger charge is 2.36. The number of amides is 1. The quantitative estimate of drug-likeness (QED) is 0.809. The van der Waals surface area contributed by atoms with E-state index in [1.54, 1.807) is 0 Å². The smallest absolute Gasteiger partial charge is 0.256 e. The predicted molar refractivity (Wildman–Crippen MR) is 88.3 cm³/mol. The van der Waals surface area contributed by atoms with Crippen molar-refractivity contribution in [2.75, 3.05) is 26.2 Å². The standard InChI is InChI=1S/C18H22N4O/c23-18-16-3-1-2-14-11-19-22(17(14)16)9-8-21(18)15-10-13-4-6-20(12-15)7-5-13/h1-3,11,13,15H,4-10,12H2/t15-/m0/s1. The van der Waals surface area contributed by atoms with Crippen LogP contribution in [0.3, 0.4) is 0 Å². The number of fused-ring (bicyclic) bond motifs is 4. The number of benzene rings is 1. The van der Waals surface area contributed by atoms with E-state index in [1.807, 2.05) is 29.1 Å². The Morgan fingerprint density at radius 3 is 2.83 bits per heavy atom. The molecule has 0 unspecified atom stereocenters. The van der Waals surface area contributed by atoms with E-state index < -0.39 is 0 Å². The molecule has 0 radical (unpaired) electrons. The van der Waals surface area contributed by atoms with E-state index in [2.05, 4.69) is 14.9 Å². The highest BCUT2D eigenvalue weighted by atomic mass is 16.2. The minimum atomic E-state index is 0.197. The average molecular weight is 310 g/mol. The van der Waals surface area contributed by atoms with Crippen LogP contribution in [-0.4, -0.2) is 57.7 Å². The number of aromatic nitrogens is 2. The molecular formula is C18H22N4O. The van der Waals surface area contributed by atoms with E-state index in [0.717, 1.165) is 42.0 Å². The normalized spacial score (nSPS) is 30.5. The molecule has 4 aliphatic rings. The molecule has 1 amide bonds. The van der Waals surface area contributed by atoms with Gasteiger partial charge in [-0.2, -0.15) is 5.10 Å². The van der Waals surface area contributed by atoms with Crippen LogP contribution >= 0.6 is 0 Å². The van der Waals surface area contributed by atoms with E-state index in [-0.39, 0.29) is 5.91 Å². The van der Waals surface area contributed by atoms with E-state index in [0.29, 0.717) is 6.04 Å². The fourth-order valence-electron chi connectivity index (χ4n) is 4.68. The first-order valence-electron chi connectivity index (χ1n) is 8.77. The maximum atomic E-state index is 13.2. The van der Waals surface area contributed by atoms with Crippen LogP contribution in [0.1, 0.15) is 29.6 Å². The molecule has 1 atom stereocenters. The van der Waals surface area contributed by atoms with E-state index in [1.165, 1.54) is 32.4 Å². The summed E-state index contributed by atoms with van der Waals surface area (Å²) in [7, 11) is 0. The second-order valence-corrected chi connectivity index (χ2v) is 7.24. The molecule has 0 spiro atoms. The summed E-state index contributed by atoms with van der Waals surface area (Å²) in [5.74, 6) is 0.991. The second kappa shape index (κ2) is 5.06. The van der Waals surface area contributed by atoms with Crippen LogP contribution < -0.4 is 0 Å². The Morgan fingerprint density at radius 2 is 1.96 bits per heavy atom. The predicted octanol–water partition coefficient (Wildman–Crippen LogP) is 1.98. The zero-order valence-corrected chi connectivity index (χ0v) is 13.3. The van der Waals surface area contributed by atoms with Crippen molar-refractivity contribution >= 4 is 16.8 Å². The van der Waals surface area contributed by atoms with Gasteiger partial charge in [0.15, 0.2) is 0 Å². The van der Waals surface area contributed by atoms with Crippen molar-refractivity contribution in [3.63, 3.8) is 0 Å². The molecule has 6 rings (SSSR count). The Morgan fingerprint density at radius 1 is 1.09 bits per heavy atom. The third-order valence-electron chi connectivity index (χ3n) is 5.93. The second-order valence-electron chi connectivity index (χ2n) is 7.24. The molecule has 0 aliphatic carbocycles. The molecular weight excluding hydrogens is 288 g/mol. The van der Waals surface area contributed by atoms with Gasteiger partial charge in [0.25, 0.3) is 5.91 Å². The molecule has 2 bridgehead atoms. The maximum Gasteiger partial charge on any atom is 0.256 e. The van der Waals surface area contributed by atoms with Gasteiger partial charge in [-0.25, -0.2) is 0 Å². The average Bonchev–Trinajstić information content (AvgIpc) is 2.72. The first-order chi connectivity index (χ1) is 11.3. The van der Waals surface area contributed by atoms with Crippen LogP contribution in [0.4, 0.5) is 0 Å². The highest BCUT2D eigenvalue weighted by Crippen LogP contribution is 2.31. The zero-order valence-electron chi connectivity index (χ0n) is 13.3. The Bertz CT molecular complexity index is 745. The number of piperidine rings is 1. The third kappa shape index (κ3) is 2.10. The fraction of sp³-hybridized carbons (Fsp3) is 0.556. The van der Waals surface area contributed by atoms with Gasteiger partial charge in [0.2, 0.25) is 0 Å². The van der Waals surface area contributed by atoms with Crippen molar-refractivity contribution in [3.8, 4) is 0 Å². The molecule has 4 aliphatic heterocycles. The van der Waals surface area contributed by atoms with E-state index in [9.17, 15) is 4.79 Å². The van der Waals surface area contributed by atoms with Crippen LogP contribution in [0.25, 0.3) is 10.9 Å². The van der Waals surface area contributed by atoms with E-state index >= 15 is 0 Å². The van der Waals surface area contributed by atoms with Crippen molar-refractivity contribution in [2.45, 2.75) is 31.8 Å². The first kappa shape index (κ1) is 13.5. The van der Waals surface area contributed by atoms with Gasteiger partial charge in [0.05, 0.1) is 23.8 Å². The Balaban J connectivity index is 1.53. The Labute approximate surface area is 135 Å². The lowest BCUT2D eigenvalue weighted by Crippen LogP contribution is -2.46. The number of carbonyl (C=O) groups is 1. The number of hydrogen-bond donors (Lipinski definition) is 0. The van der Waals surface area contributed by atoms with Gasteiger partial charge in [0.1, 0.15) is 0 Å². The monoisotopic (exact) mass is 310 g/mol. The number of hydrogen-bond acceptors (Lipinski definition) is 3. The van der Waals surface area contributed by atoms with E-state index in [4.69, 9.17) is 0 Å². The lowest BCUT2D eigenvalue weighted by atomic mass is 9.93. The SMILES string of the molecule is O=C1c2cccc3cnn(c23)CCN1[C@H]1CC2CCN(CC2)C1. The molecule has 1 aromatic heterocycles. The first-order valence-corrected chi connectivity index (χ1v) is 8.77. The summed E-state index contributed by atoms with van der Waals surface area (Å²) in [5.41, 5.74) is 1.83. The van der Waals surface area contributed by atoms with Crippen LogP contribution in [0.15, 0.2) is 24.4 Å². The lowest BCUT2D eigenvalue weighted by molar-refractivity contribution is 0.0641. The topological polar surface area (TPSA) is 41.4 Å². The largest absolute Gasteiger partial charge is 0.332 e. The van der Waals surface area contributed by atoms with Crippen molar-refractivity contribution in [3.05, 3.63) is 30.0 Å². The molecule has 2 aromatic rings. The summed E-state index contributed by atoms with van der Waals surface area (Å²) < 4.78 is 2.01. The van der Waals surface area contributed by atoms with Gasteiger partial charge >= 0.3 is 0 Å². The Hall–Kier alpha value is -1.88. The summed E-state index contributed by atoms with van der Waals surface area (Å²) in [6.45, 7) is 5.03. The number of para-hydroxylation sites is 1. The zero-order chi connectivity index (χ0) is 15.4. The fourth-order valence-corrected chi connectivity index (χ4v) is 4.68. The molecule has 1 aromatic carbocycles. The van der Waals surface area contributed by atoms with Crippen molar-refractivity contribution in [1.82, 2.24) is 19.6 Å². The lowest BCUT2D eigenvalue weighted by Gasteiger charge is -2.32. The third-order valence-corrected chi connectivity index (χ3v) is 5.93. The van der Waals surface area contributed by atoms with Gasteiger partial charge in [-0.1, -0.05) is 12.1 Å². The van der Waals surface area contributed by atoms with Crippen molar-refractivity contribution in [1.29, 1.82) is 0 Å². The molecule has 3 saturated heterocycles. The van der Waals surface area contributed by atoms with Crippen molar-refractivity contribution in [2.24, 2.45) is 5.92 Å². The van der Waals surface area contributed by atoms with Gasteiger partial charge in [0, 0.05) is 24.5 Å². The summed E-state index contributed by atoms with van der Waals surface area (Å²) in [6.07, 6.45) is 5.64. The van der Waals surface area contributed by atoms with Crippen LogP contribution in [0, 0.1) is 5.92 Å². The van der Waals surface area contributed by atoms with Crippen molar-refractivity contribution < 1.29 is 4.79 Å². The van der Waals surface area contributed by atoms with Crippen LogP contribution in [0.5, 0.6) is 0 Å². The summed E-state index contributed by atoms with van der Waals surface area (Å²) in [5, 5.41) is 5.56. The molecule has 5 heteroatoms. The van der Waals surface area contributed by atoms with Gasteiger partial charge < -0.3 is 9.80 Å². The summed E-state index contributed by atoms with van der Waals surface area (Å²) in [4.78, 5) is 17.9. The molecule has 5 nitrogen and oxygen atoms in total. The van der Waals surface area contributed by atoms with Gasteiger partial charge in [-0.15, -0.1) is 0 Å². The highest BCUT2D eigenvalue weighted by molar-refractivity contribution is 6.06. The minimum Gasteiger partial charge on any atom is -0.332 e. The van der Waals surface area contributed by atoms with Gasteiger partial charge in [-0.3, -0.25) is 9.48 Å². The molecule has 23 heavy (non-hydrogen) atoms. The van der Waals surface area contributed by atoms with Crippen LogP contribution in [0.2, 0.25) is 0 Å². The van der Waals surface area contributed by atoms with Gasteiger partial charge in [-0.05, 0) is 44.3 Å². The molecule has 5 heterocycles. The summed E-state index contributed by atoms with van der Waals surface area (Å²) in [6, 6.07) is 6.35.